The second-order valence-corrected chi connectivity index (χ2v) is 9.40. The second-order valence-electron chi connectivity index (χ2n) is 9.40. The number of carbonyl (C=O) groups is 3. The van der Waals surface area contributed by atoms with Crippen LogP contribution in [0.3, 0.4) is 0 Å². The summed E-state index contributed by atoms with van der Waals surface area (Å²) in [5, 5.41) is 9.35. The van der Waals surface area contributed by atoms with Gasteiger partial charge in [0.2, 0.25) is 11.8 Å². The molecule has 10 nitrogen and oxygen atoms in total. The van der Waals surface area contributed by atoms with Crippen LogP contribution in [0.4, 0.5) is 10.5 Å². The number of carbonyl (C=O) groups excluding carboxylic acids is 3. The first kappa shape index (κ1) is 24.3. The van der Waals surface area contributed by atoms with E-state index in [0.29, 0.717) is 45.8 Å². The zero-order valence-electron chi connectivity index (χ0n) is 19.8. The summed E-state index contributed by atoms with van der Waals surface area (Å²) in [7, 11) is 1.77. The van der Waals surface area contributed by atoms with E-state index < -0.39 is 24.0 Å². The van der Waals surface area contributed by atoms with Gasteiger partial charge in [-0.05, 0) is 44.9 Å². The molecule has 3 unspecified atom stereocenters. The quantitative estimate of drug-likeness (QED) is 0.499. The predicted octanol–water partition coefficient (Wildman–Crippen LogP) is 1.15. The molecule has 0 bridgehead atoms. The average Bonchev–Trinajstić information content (AvgIpc) is 2.88. The van der Waals surface area contributed by atoms with Crippen LogP contribution in [0.15, 0.2) is 30.3 Å². The second kappa shape index (κ2) is 11.1. The highest BCUT2D eigenvalue weighted by molar-refractivity contribution is 5.90. The number of amides is 3. The molecular formula is C24H35N5O5. The molecular weight excluding hydrogens is 438 g/mol. The first-order valence-electron chi connectivity index (χ1n) is 12.2. The minimum absolute atomic E-state index is 0.135. The van der Waals surface area contributed by atoms with Gasteiger partial charge in [0.05, 0.1) is 5.92 Å². The van der Waals surface area contributed by atoms with Crippen LogP contribution in [0.25, 0.3) is 0 Å². The Balaban J connectivity index is 1.39. The number of nitrogens with zero attached hydrogens (tertiary/aromatic N) is 4. The minimum atomic E-state index is -0.817. The monoisotopic (exact) mass is 473 g/mol. The van der Waals surface area contributed by atoms with Crippen molar-refractivity contribution in [1.82, 2.24) is 20.2 Å². The third-order valence-electron chi connectivity index (χ3n) is 7.16. The molecule has 3 atom stereocenters. The minimum Gasteiger partial charge on any atom is -0.445 e. The molecule has 0 saturated carbocycles. The van der Waals surface area contributed by atoms with Crippen LogP contribution in [0.2, 0.25) is 0 Å². The van der Waals surface area contributed by atoms with Crippen molar-refractivity contribution >= 4 is 23.6 Å². The molecule has 2 N–H and O–H groups in total. The molecule has 1 aromatic carbocycles. The van der Waals surface area contributed by atoms with E-state index in [4.69, 9.17) is 4.74 Å². The lowest BCUT2D eigenvalue weighted by molar-refractivity contribution is -0.152. The number of hydroxylamine groups is 1. The number of piperazine rings is 1. The van der Waals surface area contributed by atoms with E-state index in [1.807, 2.05) is 18.2 Å². The lowest BCUT2D eigenvalue weighted by atomic mass is 9.86. The molecule has 0 aromatic heterocycles. The van der Waals surface area contributed by atoms with Gasteiger partial charge in [-0.1, -0.05) is 18.2 Å². The molecule has 0 aliphatic carbocycles. The Kier molecular flexibility index (Phi) is 7.89. The number of piperidine rings is 2. The molecule has 3 aliphatic rings. The van der Waals surface area contributed by atoms with Gasteiger partial charge < -0.3 is 19.4 Å². The van der Waals surface area contributed by atoms with Crippen molar-refractivity contribution in [2.24, 2.45) is 5.92 Å². The summed E-state index contributed by atoms with van der Waals surface area (Å²) in [6, 6.07) is 9.36. The molecule has 0 spiro atoms. The van der Waals surface area contributed by atoms with Gasteiger partial charge in [-0.25, -0.2) is 10.3 Å². The molecule has 0 radical (unpaired) electrons. The van der Waals surface area contributed by atoms with E-state index in [-0.39, 0.29) is 18.4 Å². The zero-order chi connectivity index (χ0) is 24.1. The fourth-order valence-electron chi connectivity index (χ4n) is 5.31. The summed E-state index contributed by atoms with van der Waals surface area (Å²) < 4.78 is 5.71. The van der Waals surface area contributed by atoms with Crippen LogP contribution in [0, 0.1) is 5.92 Å². The highest BCUT2D eigenvalue weighted by atomic mass is 16.6. The normalized spacial score (nSPS) is 26.2. The molecule has 3 heterocycles. The molecule has 3 saturated heterocycles. The van der Waals surface area contributed by atoms with Gasteiger partial charge in [0.15, 0.2) is 0 Å². The summed E-state index contributed by atoms with van der Waals surface area (Å²) >= 11 is 0. The lowest BCUT2D eigenvalue weighted by Crippen LogP contribution is -2.62. The fraction of sp³-hybridized carbons (Fsp3) is 0.625. The summed E-state index contributed by atoms with van der Waals surface area (Å²) in [4.78, 5) is 46.2. The van der Waals surface area contributed by atoms with Crippen LogP contribution in [-0.2, 0) is 14.3 Å². The van der Waals surface area contributed by atoms with Gasteiger partial charge in [-0.3, -0.25) is 19.7 Å². The molecule has 1 aromatic rings. The van der Waals surface area contributed by atoms with Crippen LogP contribution in [-0.4, -0.2) is 103 Å². The average molecular weight is 474 g/mol. The smallest absolute Gasteiger partial charge is 0.410 e. The van der Waals surface area contributed by atoms with Gasteiger partial charge in [-0.15, -0.1) is 0 Å². The van der Waals surface area contributed by atoms with Gasteiger partial charge in [-0.2, -0.15) is 0 Å². The van der Waals surface area contributed by atoms with Crippen molar-refractivity contribution in [2.45, 2.75) is 37.8 Å². The summed E-state index contributed by atoms with van der Waals surface area (Å²) in [6.45, 7) is 4.24. The highest BCUT2D eigenvalue weighted by Gasteiger charge is 2.45. The Labute approximate surface area is 200 Å². The number of ether oxygens (including phenoxy) is 1. The maximum absolute atomic E-state index is 13.5. The Morgan fingerprint density at radius 3 is 2.26 bits per heavy atom. The largest absolute Gasteiger partial charge is 0.445 e. The van der Waals surface area contributed by atoms with E-state index in [1.165, 1.54) is 0 Å². The molecule has 4 rings (SSSR count). The molecule has 10 heteroatoms. The van der Waals surface area contributed by atoms with Crippen molar-refractivity contribution < 1.29 is 24.3 Å². The molecule has 3 amide bonds. The Bertz CT molecular complexity index is 855. The standard InChI is InChI=1S/C24H35N5O5/c1-26-17-19(34-24(32)29-10-6-3-7-11-29)16-20(22(30)25-33)21(26)23(31)28-14-12-27(13-15-28)18-8-4-2-5-9-18/h2,4-5,8-9,19-21,33H,3,6-7,10-17H2,1H3,(H,25,30). The number of hydrogen-bond donors (Lipinski definition) is 2. The summed E-state index contributed by atoms with van der Waals surface area (Å²) in [5.41, 5.74) is 2.84. The maximum atomic E-state index is 13.5. The van der Waals surface area contributed by atoms with E-state index in [9.17, 15) is 19.6 Å². The van der Waals surface area contributed by atoms with Crippen LogP contribution >= 0.6 is 0 Å². The molecule has 34 heavy (non-hydrogen) atoms. The summed E-state index contributed by atoms with van der Waals surface area (Å²) in [5.74, 6) is -1.58. The number of likely N-dealkylation sites (tertiary alicyclic amines) is 2. The number of benzene rings is 1. The lowest BCUT2D eigenvalue weighted by Gasteiger charge is -2.44. The first-order chi connectivity index (χ1) is 16.5. The fourth-order valence-corrected chi connectivity index (χ4v) is 5.31. The van der Waals surface area contributed by atoms with E-state index in [1.54, 1.807) is 27.2 Å². The number of hydrogen-bond acceptors (Lipinski definition) is 7. The number of likely N-dealkylation sites (N-methyl/N-ethyl adjacent to an activating group) is 1. The van der Waals surface area contributed by atoms with Gasteiger partial charge in [0, 0.05) is 51.5 Å². The van der Waals surface area contributed by atoms with Gasteiger partial charge >= 0.3 is 6.09 Å². The molecule has 186 valence electrons. The Morgan fingerprint density at radius 2 is 1.62 bits per heavy atom. The number of para-hydroxylation sites is 1. The van der Waals surface area contributed by atoms with Crippen molar-refractivity contribution in [3.8, 4) is 0 Å². The van der Waals surface area contributed by atoms with E-state index >= 15 is 0 Å². The Morgan fingerprint density at radius 1 is 0.941 bits per heavy atom. The first-order valence-corrected chi connectivity index (χ1v) is 12.2. The van der Waals surface area contributed by atoms with Crippen LogP contribution < -0.4 is 10.4 Å². The van der Waals surface area contributed by atoms with Crippen molar-refractivity contribution in [3.63, 3.8) is 0 Å². The summed E-state index contributed by atoms with van der Waals surface area (Å²) in [6.07, 6.45) is 2.32. The van der Waals surface area contributed by atoms with Gasteiger partial charge in [0.1, 0.15) is 12.1 Å². The third kappa shape index (κ3) is 5.44. The van der Waals surface area contributed by atoms with Gasteiger partial charge in [0.25, 0.3) is 0 Å². The Hall–Kier alpha value is -2.85. The SMILES string of the molecule is CN1CC(OC(=O)N2CCCCC2)CC(C(=O)NO)C1C(=O)N1CCN(c2ccccc2)CC1. The number of anilines is 1. The maximum Gasteiger partial charge on any atom is 0.410 e. The molecule has 3 aliphatic heterocycles. The third-order valence-corrected chi connectivity index (χ3v) is 7.16. The topological polar surface area (TPSA) is 106 Å². The van der Waals surface area contributed by atoms with Crippen molar-refractivity contribution in [3.05, 3.63) is 30.3 Å². The number of rotatable bonds is 4. The van der Waals surface area contributed by atoms with E-state index in [0.717, 1.165) is 24.9 Å². The number of nitrogens with one attached hydrogen (secondary N) is 1. The zero-order valence-corrected chi connectivity index (χ0v) is 19.8. The van der Waals surface area contributed by atoms with E-state index in [2.05, 4.69) is 17.0 Å². The van der Waals surface area contributed by atoms with Crippen molar-refractivity contribution in [1.29, 1.82) is 0 Å². The van der Waals surface area contributed by atoms with Crippen molar-refractivity contribution in [2.75, 3.05) is 57.8 Å². The predicted molar refractivity (Wildman–Crippen MR) is 125 cm³/mol. The van der Waals surface area contributed by atoms with Crippen LogP contribution in [0.5, 0.6) is 0 Å². The molecule has 3 fully saturated rings. The highest BCUT2D eigenvalue weighted by Crippen LogP contribution is 2.28. The van der Waals surface area contributed by atoms with Crippen LogP contribution in [0.1, 0.15) is 25.7 Å².